The van der Waals surface area contributed by atoms with E-state index in [0.717, 1.165) is 36.3 Å². The second kappa shape index (κ2) is 26.6. The number of rotatable bonds is 28. The molecular weight excluding hydrogens is 541 g/mol. The van der Waals surface area contributed by atoms with Crippen LogP contribution in [0.4, 0.5) is 0 Å². The molecule has 2 aromatic carbocycles. The summed E-state index contributed by atoms with van der Waals surface area (Å²) in [5.41, 5.74) is 3.51. The number of hydrogen-bond acceptors (Lipinski definition) is 2. The summed E-state index contributed by atoms with van der Waals surface area (Å²) < 4.78 is 6.38. The normalized spacial score (nSPS) is 12.5. The summed E-state index contributed by atoms with van der Waals surface area (Å²) in [6.45, 7) is 5.38. The molecule has 240 valence electrons. The molecule has 0 saturated heterocycles. The van der Waals surface area contributed by atoms with Gasteiger partial charge in [0, 0.05) is 17.9 Å². The van der Waals surface area contributed by atoms with Crippen molar-refractivity contribution in [2.45, 2.75) is 161 Å². The highest BCUT2D eigenvalue weighted by atomic mass is 32.1. The maximum absolute atomic E-state index is 6.38. The third-order valence-electron chi connectivity index (χ3n) is 8.72. The van der Waals surface area contributed by atoms with Crippen LogP contribution in [0, 0.1) is 0 Å². The molecule has 1 unspecified atom stereocenters. The molecule has 0 N–H and O–H groups in total. The van der Waals surface area contributed by atoms with Crippen LogP contribution in [0.1, 0.15) is 166 Å². The fourth-order valence-electron chi connectivity index (χ4n) is 5.92. The van der Waals surface area contributed by atoms with Crippen molar-refractivity contribution in [2.75, 3.05) is 6.61 Å². The molecule has 1 nitrogen and oxygen atoms in total. The summed E-state index contributed by atoms with van der Waals surface area (Å²) in [6, 6.07) is 20.9. The zero-order chi connectivity index (χ0) is 30.6. The molecule has 2 rings (SSSR count). The van der Waals surface area contributed by atoms with E-state index in [1.54, 1.807) is 0 Å². The van der Waals surface area contributed by atoms with Crippen molar-refractivity contribution in [1.29, 1.82) is 0 Å². The topological polar surface area (TPSA) is 9.23 Å². The summed E-state index contributed by atoms with van der Waals surface area (Å²) >= 11 is 5.95. The summed E-state index contributed by atoms with van der Waals surface area (Å²) in [4.78, 5) is 0.935. The van der Waals surface area contributed by atoms with E-state index in [0.29, 0.717) is 0 Å². The van der Waals surface area contributed by atoms with Crippen LogP contribution in [0.15, 0.2) is 66.2 Å². The van der Waals surface area contributed by atoms with Gasteiger partial charge in [-0.2, -0.15) is 0 Å². The highest BCUT2D eigenvalue weighted by Crippen LogP contribution is 2.22. The van der Waals surface area contributed by atoms with E-state index >= 15 is 0 Å². The van der Waals surface area contributed by atoms with Crippen molar-refractivity contribution < 1.29 is 4.74 Å². The molecule has 0 aromatic heterocycles. The number of thiocarbonyl (C=S) groups is 1. The van der Waals surface area contributed by atoms with Gasteiger partial charge in [-0.15, -0.1) is 0 Å². The predicted octanol–water partition coefficient (Wildman–Crippen LogP) is 13.5. The first-order chi connectivity index (χ1) is 21.2. The Morgan fingerprint density at radius 1 is 0.581 bits per heavy atom. The fraction of sp³-hybridized carbons (Fsp3) is 0.634. The lowest BCUT2D eigenvalue weighted by molar-refractivity contribution is 0.0494. The molecule has 0 amide bonds. The Kier molecular flexibility index (Phi) is 23.2. The van der Waals surface area contributed by atoms with Gasteiger partial charge < -0.3 is 4.74 Å². The van der Waals surface area contributed by atoms with E-state index in [-0.39, 0.29) is 6.10 Å². The molecule has 0 bridgehead atoms. The number of benzene rings is 2. The van der Waals surface area contributed by atoms with Crippen LogP contribution < -0.4 is 0 Å². The van der Waals surface area contributed by atoms with Crippen molar-refractivity contribution >= 4 is 23.2 Å². The van der Waals surface area contributed by atoms with Gasteiger partial charge >= 0.3 is 0 Å². The van der Waals surface area contributed by atoms with Crippen molar-refractivity contribution in [1.82, 2.24) is 0 Å². The molecule has 0 aliphatic carbocycles. The molecule has 2 aromatic rings. The Labute approximate surface area is 272 Å². The van der Waals surface area contributed by atoms with Crippen LogP contribution >= 0.6 is 12.2 Å². The number of hydrogen-bond donors (Lipinski definition) is 0. The lowest BCUT2D eigenvalue weighted by atomic mass is 9.96. The lowest BCUT2D eigenvalue weighted by Crippen LogP contribution is -2.17. The van der Waals surface area contributed by atoms with Gasteiger partial charge in [-0.25, -0.2) is 0 Å². The molecule has 0 heterocycles. The summed E-state index contributed by atoms with van der Waals surface area (Å²) in [5, 5.41) is 0. The van der Waals surface area contributed by atoms with E-state index in [4.69, 9.17) is 17.0 Å². The Balaban J connectivity index is 1.49. The van der Waals surface area contributed by atoms with Crippen LogP contribution in [0.5, 0.6) is 0 Å². The summed E-state index contributed by atoms with van der Waals surface area (Å²) in [5.74, 6) is 0. The Morgan fingerprint density at radius 2 is 1.00 bits per heavy atom. The molecule has 43 heavy (non-hydrogen) atoms. The average Bonchev–Trinajstić information content (AvgIpc) is 3.05. The highest BCUT2D eigenvalue weighted by Gasteiger charge is 2.15. The van der Waals surface area contributed by atoms with E-state index in [9.17, 15) is 0 Å². The minimum atomic E-state index is 0.206. The smallest absolute Gasteiger partial charge is 0.0613 e. The Morgan fingerprint density at radius 3 is 1.44 bits per heavy atom. The SMILES string of the molecule is CCCCCCCCCCCCCCCCCCCCCCOC(CC)CC(=Cc1ccccc1)C(=S)c1ccccc1. The maximum atomic E-state index is 6.38. The van der Waals surface area contributed by atoms with E-state index in [2.05, 4.69) is 74.5 Å². The van der Waals surface area contributed by atoms with Gasteiger partial charge in [0.05, 0.1) is 6.10 Å². The van der Waals surface area contributed by atoms with Crippen LogP contribution in [0.25, 0.3) is 6.08 Å². The third kappa shape index (κ3) is 19.3. The molecule has 0 aliphatic rings. The molecule has 0 radical (unpaired) electrons. The van der Waals surface area contributed by atoms with Crippen LogP contribution in [0.2, 0.25) is 0 Å². The molecule has 0 saturated carbocycles. The van der Waals surface area contributed by atoms with Gasteiger partial charge in [0.25, 0.3) is 0 Å². The van der Waals surface area contributed by atoms with Crippen LogP contribution in [-0.2, 0) is 4.74 Å². The molecular formula is C41H64OS. The third-order valence-corrected chi connectivity index (χ3v) is 9.22. The van der Waals surface area contributed by atoms with Crippen molar-refractivity contribution in [3.8, 4) is 0 Å². The second-order valence-electron chi connectivity index (χ2n) is 12.6. The zero-order valence-electron chi connectivity index (χ0n) is 28.0. The van der Waals surface area contributed by atoms with Gasteiger partial charge in [-0.3, -0.25) is 0 Å². The molecule has 0 fully saturated rings. The largest absolute Gasteiger partial charge is 0.378 e. The summed E-state index contributed by atoms with van der Waals surface area (Å²) in [6.07, 6.45) is 32.6. The predicted molar refractivity (Wildman–Crippen MR) is 195 cm³/mol. The first-order valence-electron chi connectivity index (χ1n) is 18.2. The minimum absolute atomic E-state index is 0.206. The monoisotopic (exact) mass is 604 g/mol. The van der Waals surface area contributed by atoms with Gasteiger partial charge in [0.1, 0.15) is 0 Å². The fourth-order valence-corrected chi connectivity index (χ4v) is 6.19. The van der Waals surface area contributed by atoms with Crippen molar-refractivity contribution in [3.05, 3.63) is 77.4 Å². The standard InChI is InChI=1S/C41H64OS/c1-3-5-6-7-8-9-10-11-12-13-14-15-16-17-18-19-20-21-22-29-34-42-40(4-2)36-39(35-37-30-25-23-26-31-37)41(43)38-32-27-24-28-33-38/h23-28,30-33,35,40H,3-22,29,34,36H2,1-2H3. The molecule has 1 atom stereocenters. The Hall–Kier alpha value is -1.77. The molecule has 0 aliphatic heterocycles. The highest BCUT2D eigenvalue weighted by molar-refractivity contribution is 7.81. The van der Waals surface area contributed by atoms with Crippen LogP contribution in [-0.4, -0.2) is 17.6 Å². The average molecular weight is 605 g/mol. The zero-order valence-corrected chi connectivity index (χ0v) is 28.8. The van der Waals surface area contributed by atoms with Gasteiger partial charge in [0.15, 0.2) is 0 Å². The van der Waals surface area contributed by atoms with Gasteiger partial charge in [-0.1, -0.05) is 215 Å². The number of unbranched alkanes of at least 4 members (excludes halogenated alkanes) is 19. The van der Waals surface area contributed by atoms with Crippen molar-refractivity contribution in [2.24, 2.45) is 0 Å². The lowest BCUT2D eigenvalue weighted by Gasteiger charge is -2.19. The second-order valence-corrected chi connectivity index (χ2v) is 13.0. The van der Waals surface area contributed by atoms with E-state index < -0.39 is 0 Å². The van der Waals surface area contributed by atoms with Gasteiger partial charge in [0.2, 0.25) is 0 Å². The van der Waals surface area contributed by atoms with Crippen molar-refractivity contribution in [3.63, 3.8) is 0 Å². The molecule has 2 heteroatoms. The van der Waals surface area contributed by atoms with Crippen LogP contribution in [0.3, 0.4) is 0 Å². The Bertz CT molecular complexity index is 935. The maximum Gasteiger partial charge on any atom is 0.0613 e. The van der Waals surface area contributed by atoms with E-state index in [1.807, 2.05) is 6.07 Å². The quantitative estimate of drug-likeness (QED) is 0.0413. The minimum Gasteiger partial charge on any atom is -0.378 e. The first-order valence-corrected chi connectivity index (χ1v) is 18.6. The van der Waals surface area contributed by atoms with E-state index in [1.165, 1.54) is 133 Å². The first kappa shape index (κ1) is 37.4. The molecule has 0 spiro atoms. The number of ether oxygens (including phenoxy) is 1. The summed E-state index contributed by atoms with van der Waals surface area (Å²) in [7, 11) is 0. The van der Waals surface area contributed by atoms with Gasteiger partial charge in [-0.05, 0) is 29.5 Å².